The lowest BCUT2D eigenvalue weighted by molar-refractivity contribution is 1.15. The molecule has 10 rings (SSSR count). The quantitative estimate of drug-likeness (QED) is 0.156. The molecule has 0 fully saturated rings. The summed E-state index contributed by atoms with van der Waals surface area (Å²) in [5.41, 5.74) is 9.84. The first-order valence-electron chi connectivity index (χ1n) is 17.6. The van der Waals surface area contributed by atoms with Crippen LogP contribution in [0.5, 0.6) is 0 Å². The second-order valence-corrected chi connectivity index (χ2v) is 16.7. The van der Waals surface area contributed by atoms with Crippen molar-refractivity contribution in [2.24, 2.45) is 0 Å². The SMILES string of the molecule is c1ccc(-c2ccc([Si](c3ccc(-c4ccccc4)cc3)(n3c4ccccc4c4ccccc43)n3c4ccccc4c4ccccc43)cc2)cc1. The molecule has 0 N–H and O–H groups in total. The number of para-hydroxylation sites is 4. The lowest BCUT2D eigenvalue weighted by atomic mass is 10.1. The van der Waals surface area contributed by atoms with E-state index >= 15 is 0 Å². The normalized spacial score (nSPS) is 11.9. The second kappa shape index (κ2) is 11.9. The molecule has 0 saturated heterocycles. The van der Waals surface area contributed by atoms with Gasteiger partial charge >= 0.3 is 8.40 Å². The van der Waals surface area contributed by atoms with Crippen molar-refractivity contribution in [3.8, 4) is 22.3 Å². The number of fused-ring (bicyclic) bond motifs is 6. The van der Waals surface area contributed by atoms with Crippen molar-refractivity contribution in [2.45, 2.75) is 0 Å². The van der Waals surface area contributed by atoms with Crippen LogP contribution in [0.3, 0.4) is 0 Å². The summed E-state index contributed by atoms with van der Waals surface area (Å²) in [6, 6.07) is 76.3. The van der Waals surface area contributed by atoms with Gasteiger partial charge in [-0.05, 0) is 56.9 Å². The van der Waals surface area contributed by atoms with Crippen LogP contribution in [-0.2, 0) is 0 Å². The van der Waals surface area contributed by atoms with Gasteiger partial charge in [0.2, 0.25) is 0 Å². The Hall–Kier alpha value is -6.42. The fourth-order valence-electron chi connectivity index (χ4n) is 8.38. The first kappa shape index (κ1) is 29.5. The highest BCUT2D eigenvalue weighted by Gasteiger charge is 2.47. The smallest absolute Gasteiger partial charge is 0.340 e. The molecule has 10 aromatic rings. The van der Waals surface area contributed by atoms with Gasteiger partial charge in [-0.25, -0.2) is 0 Å². The molecule has 0 saturated carbocycles. The number of nitrogens with zero attached hydrogens (tertiary/aromatic N) is 2. The number of hydrogen-bond donors (Lipinski definition) is 0. The van der Waals surface area contributed by atoms with E-state index in [2.05, 4.69) is 215 Å². The highest BCUT2D eigenvalue weighted by atomic mass is 28.3. The van der Waals surface area contributed by atoms with Crippen LogP contribution in [0.15, 0.2) is 206 Å². The van der Waals surface area contributed by atoms with E-state index in [1.54, 1.807) is 0 Å². The number of rotatable bonds is 6. The highest BCUT2D eigenvalue weighted by molar-refractivity contribution is 7.01. The Bertz CT molecular complexity index is 2520. The van der Waals surface area contributed by atoms with Gasteiger partial charge in [-0.15, -0.1) is 0 Å². The Morgan fingerprint density at radius 3 is 0.804 bits per heavy atom. The molecule has 240 valence electrons. The largest absolute Gasteiger partial charge is 0.342 e. The van der Waals surface area contributed by atoms with Crippen molar-refractivity contribution in [2.75, 3.05) is 0 Å². The fraction of sp³-hybridized carbons (Fsp3) is 0. The maximum Gasteiger partial charge on any atom is 0.340 e. The molecule has 2 nitrogen and oxygen atoms in total. The topological polar surface area (TPSA) is 9.86 Å². The molecule has 0 aliphatic rings. The van der Waals surface area contributed by atoms with Gasteiger partial charge in [-0.1, -0.05) is 182 Å². The summed E-state index contributed by atoms with van der Waals surface area (Å²) in [5.74, 6) is 0. The minimum Gasteiger partial charge on any atom is -0.342 e. The van der Waals surface area contributed by atoms with Crippen LogP contribution in [0.25, 0.3) is 65.9 Å². The van der Waals surface area contributed by atoms with Crippen LogP contribution in [-0.4, -0.2) is 16.9 Å². The average molecular weight is 667 g/mol. The van der Waals surface area contributed by atoms with Crippen molar-refractivity contribution in [3.63, 3.8) is 0 Å². The van der Waals surface area contributed by atoms with E-state index in [0.29, 0.717) is 0 Å². The summed E-state index contributed by atoms with van der Waals surface area (Å²) in [6.07, 6.45) is 0. The zero-order chi connectivity index (χ0) is 33.8. The molecule has 0 unspecified atom stereocenters. The van der Waals surface area contributed by atoms with E-state index in [9.17, 15) is 0 Å². The van der Waals surface area contributed by atoms with Crippen LogP contribution in [0.4, 0.5) is 0 Å². The maximum atomic E-state index is 2.74. The monoisotopic (exact) mass is 666 g/mol. The molecule has 0 aliphatic heterocycles. The summed E-state index contributed by atoms with van der Waals surface area (Å²) in [6.45, 7) is 0. The van der Waals surface area contributed by atoms with Crippen LogP contribution in [0.1, 0.15) is 0 Å². The standard InChI is InChI=1S/C48H34N2Si/c1-3-15-35(16-4-1)37-27-31-39(32-28-37)51(40-33-29-38(30-34-40)36-17-5-2-6-18-36,49-45-23-11-7-19-41(45)42-20-8-12-24-46(42)49)50-47-25-13-9-21-43(47)44-22-10-14-26-48(44)50/h1-34H. The van der Waals surface area contributed by atoms with Gasteiger partial charge in [0, 0.05) is 43.6 Å². The molecule has 3 heteroatoms. The molecule has 0 atom stereocenters. The predicted octanol–water partition coefficient (Wildman–Crippen LogP) is 10.9. The predicted molar refractivity (Wildman–Crippen MR) is 218 cm³/mol. The molecule has 2 heterocycles. The first-order valence-corrected chi connectivity index (χ1v) is 19.5. The summed E-state index contributed by atoms with van der Waals surface area (Å²) < 4.78 is 5.48. The van der Waals surface area contributed by atoms with Crippen molar-refractivity contribution in [1.82, 2.24) is 8.47 Å². The number of hydrogen-bond acceptors (Lipinski definition) is 0. The lowest BCUT2D eigenvalue weighted by Gasteiger charge is -2.38. The van der Waals surface area contributed by atoms with Gasteiger partial charge in [-0.2, -0.15) is 0 Å². The average Bonchev–Trinajstić information content (AvgIpc) is 3.74. The minimum absolute atomic E-state index is 1.21. The van der Waals surface area contributed by atoms with E-state index in [1.165, 1.54) is 76.2 Å². The molecule has 0 amide bonds. The Morgan fingerprint density at radius 2 is 0.490 bits per heavy atom. The minimum atomic E-state index is -3.27. The Kier molecular flexibility index (Phi) is 6.86. The molecular formula is C48H34N2Si. The summed E-state index contributed by atoms with van der Waals surface area (Å²) >= 11 is 0. The van der Waals surface area contributed by atoms with Crippen LogP contribution in [0, 0.1) is 0 Å². The maximum absolute atomic E-state index is 3.27. The zero-order valence-corrected chi connectivity index (χ0v) is 29.0. The molecule has 0 bridgehead atoms. The first-order chi connectivity index (χ1) is 25.3. The van der Waals surface area contributed by atoms with Gasteiger partial charge in [0.1, 0.15) is 0 Å². The Labute approximate surface area is 298 Å². The molecule has 51 heavy (non-hydrogen) atoms. The molecule has 0 spiro atoms. The third-order valence-corrected chi connectivity index (χ3v) is 15.1. The third kappa shape index (κ3) is 4.49. The van der Waals surface area contributed by atoms with Crippen molar-refractivity contribution in [1.29, 1.82) is 0 Å². The Morgan fingerprint density at radius 1 is 0.235 bits per heavy atom. The summed E-state index contributed by atoms with van der Waals surface area (Å²) in [7, 11) is -3.27. The van der Waals surface area contributed by atoms with Crippen LogP contribution >= 0.6 is 0 Å². The van der Waals surface area contributed by atoms with Gasteiger partial charge < -0.3 is 8.47 Å². The van der Waals surface area contributed by atoms with Gasteiger partial charge in [0.25, 0.3) is 0 Å². The number of aromatic nitrogens is 2. The van der Waals surface area contributed by atoms with E-state index in [4.69, 9.17) is 0 Å². The Balaban J connectivity index is 1.41. The van der Waals surface area contributed by atoms with E-state index < -0.39 is 8.40 Å². The van der Waals surface area contributed by atoms with Gasteiger partial charge in [0.05, 0.1) is 0 Å². The fourth-order valence-corrected chi connectivity index (χ4v) is 13.4. The molecule has 0 aliphatic carbocycles. The lowest BCUT2D eigenvalue weighted by Crippen LogP contribution is -2.69. The van der Waals surface area contributed by atoms with Gasteiger partial charge in [-0.3, -0.25) is 0 Å². The third-order valence-electron chi connectivity index (χ3n) is 10.6. The molecular weight excluding hydrogens is 633 g/mol. The molecule has 2 aromatic heterocycles. The summed E-state index contributed by atoms with van der Waals surface area (Å²) in [4.78, 5) is 0. The van der Waals surface area contributed by atoms with E-state index in [1.807, 2.05) is 0 Å². The second-order valence-electron chi connectivity index (χ2n) is 13.3. The number of benzene rings is 8. The molecule has 0 radical (unpaired) electrons. The van der Waals surface area contributed by atoms with Crippen molar-refractivity contribution >= 4 is 62.4 Å². The zero-order valence-electron chi connectivity index (χ0n) is 28.0. The molecule has 8 aromatic carbocycles. The highest BCUT2D eigenvalue weighted by Crippen LogP contribution is 2.38. The van der Waals surface area contributed by atoms with Gasteiger partial charge in [0.15, 0.2) is 0 Å². The van der Waals surface area contributed by atoms with E-state index in [0.717, 1.165) is 0 Å². The van der Waals surface area contributed by atoms with Crippen LogP contribution < -0.4 is 10.4 Å². The van der Waals surface area contributed by atoms with E-state index in [-0.39, 0.29) is 0 Å². The van der Waals surface area contributed by atoms with Crippen molar-refractivity contribution < 1.29 is 0 Å². The van der Waals surface area contributed by atoms with Crippen LogP contribution in [0.2, 0.25) is 0 Å². The summed E-state index contributed by atoms with van der Waals surface area (Å²) in [5, 5.41) is 7.71. The van der Waals surface area contributed by atoms with Crippen molar-refractivity contribution in [3.05, 3.63) is 206 Å².